The first-order valence-corrected chi connectivity index (χ1v) is 10.2. The van der Waals surface area contributed by atoms with Crippen LogP contribution in [-0.4, -0.2) is 44.6 Å². The van der Waals surface area contributed by atoms with Crippen LogP contribution in [0.5, 0.6) is 0 Å². The van der Waals surface area contributed by atoms with Crippen LogP contribution in [0.2, 0.25) is 5.02 Å². The smallest absolute Gasteiger partial charge is 0.255 e. The zero-order valence-corrected chi connectivity index (χ0v) is 15.3. The predicted octanol–water partition coefficient (Wildman–Crippen LogP) is 2.77. The number of benzene rings is 2. The number of halogens is 1. The molecule has 2 aromatic carbocycles. The van der Waals surface area contributed by atoms with Gasteiger partial charge in [0.15, 0.2) is 0 Å². The Kier molecular flexibility index (Phi) is 5.13. The lowest BCUT2D eigenvalue weighted by atomic mass is 10.0. The summed E-state index contributed by atoms with van der Waals surface area (Å²) in [5.74, 6) is -0.180. The van der Waals surface area contributed by atoms with Crippen LogP contribution in [0.3, 0.4) is 0 Å². The van der Waals surface area contributed by atoms with Gasteiger partial charge in [-0.1, -0.05) is 48.0 Å². The monoisotopic (exact) mass is 378 g/mol. The van der Waals surface area contributed by atoms with Gasteiger partial charge in [-0.15, -0.1) is 0 Å². The van der Waals surface area contributed by atoms with Crippen LogP contribution in [0.1, 0.15) is 16.8 Å². The fourth-order valence-electron chi connectivity index (χ4n) is 3.01. The third-order valence-corrected chi connectivity index (χ3v) is 5.25. The Balaban J connectivity index is 1.81. The molecule has 1 heterocycles. The van der Waals surface area contributed by atoms with Gasteiger partial charge in [-0.25, -0.2) is 13.1 Å². The van der Waals surface area contributed by atoms with Gasteiger partial charge in [0, 0.05) is 19.1 Å². The molecule has 0 bridgehead atoms. The van der Waals surface area contributed by atoms with Gasteiger partial charge < -0.3 is 4.90 Å². The molecule has 0 saturated carbocycles. The number of nitrogens with zero attached hydrogens (tertiary/aromatic N) is 1. The second kappa shape index (κ2) is 7.15. The van der Waals surface area contributed by atoms with Gasteiger partial charge in [0.2, 0.25) is 10.0 Å². The van der Waals surface area contributed by atoms with Crippen molar-refractivity contribution in [3.05, 3.63) is 59.1 Å². The summed E-state index contributed by atoms with van der Waals surface area (Å²) in [6.45, 7) is 0.843. The lowest BCUT2D eigenvalue weighted by Crippen LogP contribution is -2.37. The molecule has 1 amide bonds. The Morgan fingerprint density at radius 2 is 1.88 bits per heavy atom. The van der Waals surface area contributed by atoms with E-state index < -0.39 is 10.0 Å². The first-order valence-electron chi connectivity index (χ1n) is 7.95. The summed E-state index contributed by atoms with van der Waals surface area (Å²) in [7, 11) is -3.29. The topological polar surface area (TPSA) is 66.5 Å². The highest BCUT2D eigenvalue weighted by molar-refractivity contribution is 7.88. The summed E-state index contributed by atoms with van der Waals surface area (Å²) in [6, 6.07) is 14.9. The highest BCUT2D eigenvalue weighted by Gasteiger charge is 2.29. The van der Waals surface area contributed by atoms with Crippen LogP contribution in [0.25, 0.3) is 11.1 Å². The predicted molar refractivity (Wildman–Crippen MR) is 99.2 cm³/mol. The molecule has 0 spiro atoms. The SMILES string of the molecule is CS(=O)(=O)NC1CCN(C(=O)c2cc(-c3ccccc3)ccc2Cl)C1. The van der Waals surface area contributed by atoms with Gasteiger partial charge >= 0.3 is 0 Å². The summed E-state index contributed by atoms with van der Waals surface area (Å²) in [6.07, 6.45) is 1.71. The fourth-order valence-corrected chi connectivity index (χ4v) is 4.01. The molecule has 5 nitrogen and oxygen atoms in total. The third kappa shape index (κ3) is 4.39. The number of amides is 1. The Bertz CT molecular complexity index is 884. The molecule has 132 valence electrons. The molecule has 1 aliphatic rings. The van der Waals surface area contributed by atoms with Crippen molar-refractivity contribution in [2.45, 2.75) is 12.5 Å². The van der Waals surface area contributed by atoms with Gasteiger partial charge in [0.05, 0.1) is 16.8 Å². The molecule has 0 aromatic heterocycles. The van der Waals surface area contributed by atoms with E-state index in [4.69, 9.17) is 11.6 Å². The maximum absolute atomic E-state index is 12.8. The van der Waals surface area contributed by atoms with Crippen molar-refractivity contribution in [3.8, 4) is 11.1 Å². The summed E-state index contributed by atoms with van der Waals surface area (Å²) < 4.78 is 25.3. The molecule has 7 heteroatoms. The minimum absolute atomic E-state index is 0.180. The Labute approximate surface area is 152 Å². The van der Waals surface area contributed by atoms with E-state index in [2.05, 4.69) is 4.72 Å². The second-order valence-electron chi connectivity index (χ2n) is 6.19. The van der Waals surface area contributed by atoms with Gasteiger partial charge in [-0.05, 0) is 29.7 Å². The lowest BCUT2D eigenvalue weighted by molar-refractivity contribution is 0.0790. The zero-order valence-electron chi connectivity index (χ0n) is 13.8. The van der Waals surface area contributed by atoms with E-state index in [1.54, 1.807) is 17.0 Å². The Morgan fingerprint density at radius 3 is 2.56 bits per heavy atom. The number of sulfonamides is 1. The van der Waals surface area contributed by atoms with Crippen LogP contribution in [0.4, 0.5) is 0 Å². The average Bonchev–Trinajstić information content (AvgIpc) is 3.02. The molecule has 1 unspecified atom stereocenters. The quantitative estimate of drug-likeness (QED) is 0.889. The first kappa shape index (κ1) is 17.9. The summed E-state index contributed by atoms with van der Waals surface area (Å²) >= 11 is 6.24. The molecule has 1 aliphatic heterocycles. The molecular formula is C18H19ClN2O3S. The minimum Gasteiger partial charge on any atom is -0.337 e. The van der Waals surface area contributed by atoms with Crippen molar-refractivity contribution < 1.29 is 13.2 Å². The number of carbonyl (C=O) groups excluding carboxylic acids is 1. The summed E-state index contributed by atoms with van der Waals surface area (Å²) in [5.41, 5.74) is 2.35. The van der Waals surface area contributed by atoms with Crippen molar-refractivity contribution >= 4 is 27.5 Å². The number of hydrogen-bond donors (Lipinski definition) is 1. The first-order chi connectivity index (χ1) is 11.8. The summed E-state index contributed by atoms with van der Waals surface area (Å²) in [5, 5.41) is 0.393. The minimum atomic E-state index is -3.29. The molecule has 25 heavy (non-hydrogen) atoms. The van der Waals surface area contributed by atoms with Crippen molar-refractivity contribution in [1.29, 1.82) is 0 Å². The van der Waals surface area contributed by atoms with Gasteiger partial charge in [0.25, 0.3) is 5.91 Å². The molecular weight excluding hydrogens is 360 g/mol. The highest BCUT2D eigenvalue weighted by Crippen LogP contribution is 2.27. The van der Waals surface area contributed by atoms with Crippen LogP contribution in [-0.2, 0) is 10.0 Å². The van der Waals surface area contributed by atoms with Gasteiger partial charge in [-0.3, -0.25) is 4.79 Å². The van der Waals surface area contributed by atoms with Gasteiger partial charge in [0.1, 0.15) is 0 Å². The van der Waals surface area contributed by atoms with E-state index in [9.17, 15) is 13.2 Å². The molecule has 1 fully saturated rings. The largest absolute Gasteiger partial charge is 0.337 e. The van der Waals surface area contributed by atoms with Crippen molar-refractivity contribution in [2.75, 3.05) is 19.3 Å². The zero-order chi connectivity index (χ0) is 18.0. The normalized spacial score (nSPS) is 17.7. The van der Waals surface area contributed by atoms with Crippen LogP contribution < -0.4 is 4.72 Å². The van der Waals surface area contributed by atoms with E-state index in [1.165, 1.54) is 0 Å². The molecule has 0 radical (unpaired) electrons. The van der Waals surface area contributed by atoms with E-state index >= 15 is 0 Å². The second-order valence-corrected chi connectivity index (χ2v) is 8.37. The van der Waals surface area contributed by atoms with Crippen molar-refractivity contribution in [2.24, 2.45) is 0 Å². The number of hydrogen-bond acceptors (Lipinski definition) is 3. The molecule has 1 atom stereocenters. The summed E-state index contributed by atoms with van der Waals surface area (Å²) in [4.78, 5) is 14.5. The Hall–Kier alpha value is -1.89. The molecule has 1 saturated heterocycles. The standard InChI is InChI=1S/C18H19ClN2O3S/c1-25(23,24)20-15-9-10-21(12-15)18(22)16-11-14(7-8-17(16)19)13-5-3-2-4-6-13/h2-8,11,15,20H,9-10,12H2,1H3. The number of rotatable bonds is 4. The number of nitrogens with one attached hydrogen (secondary N) is 1. The van der Waals surface area contributed by atoms with Crippen LogP contribution in [0.15, 0.2) is 48.5 Å². The van der Waals surface area contributed by atoms with E-state index in [0.29, 0.717) is 30.1 Å². The van der Waals surface area contributed by atoms with Crippen molar-refractivity contribution in [3.63, 3.8) is 0 Å². The third-order valence-electron chi connectivity index (χ3n) is 4.16. The van der Waals surface area contributed by atoms with Crippen molar-refractivity contribution in [1.82, 2.24) is 9.62 Å². The lowest BCUT2D eigenvalue weighted by Gasteiger charge is -2.18. The molecule has 2 aromatic rings. The highest BCUT2D eigenvalue weighted by atomic mass is 35.5. The number of likely N-dealkylation sites (tertiary alicyclic amines) is 1. The van der Waals surface area contributed by atoms with Crippen LogP contribution >= 0.6 is 11.6 Å². The molecule has 0 aliphatic carbocycles. The van der Waals surface area contributed by atoms with E-state index in [0.717, 1.165) is 17.4 Å². The average molecular weight is 379 g/mol. The molecule has 3 rings (SSSR count). The van der Waals surface area contributed by atoms with Crippen LogP contribution in [0, 0.1) is 0 Å². The maximum Gasteiger partial charge on any atom is 0.255 e. The van der Waals surface area contributed by atoms with E-state index in [1.807, 2.05) is 36.4 Å². The maximum atomic E-state index is 12.8. The number of carbonyl (C=O) groups is 1. The van der Waals surface area contributed by atoms with E-state index in [-0.39, 0.29) is 11.9 Å². The Morgan fingerprint density at radius 1 is 1.16 bits per heavy atom. The van der Waals surface area contributed by atoms with Gasteiger partial charge in [-0.2, -0.15) is 0 Å². The molecule has 1 N–H and O–H groups in total. The fraction of sp³-hybridized carbons (Fsp3) is 0.278.